The number of hydrogen-bond acceptors (Lipinski definition) is 5. The largest absolute Gasteiger partial charge is 0.447 e. The highest BCUT2D eigenvalue weighted by molar-refractivity contribution is 5.72. The van der Waals surface area contributed by atoms with Crippen molar-refractivity contribution in [2.45, 2.75) is 6.17 Å². The minimum Gasteiger partial charge on any atom is -0.447 e. The normalized spacial score (nSPS) is 18.4. The van der Waals surface area contributed by atoms with E-state index in [1.165, 1.54) is 0 Å². The number of H-pyrrole nitrogens is 1. The summed E-state index contributed by atoms with van der Waals surface area (Å²) in [5.41, 5.74) is 2.45. The summed E-state index contributed by atoms with van der Waals surface area (Å²) < 4.78 is 10.4. The van der Waals surface area contributed by atoms with Crippen LogP contribution >= 0.6 is 0 Å². The van der Waals surface area contributed by atoms with E-state index in [2.05, 4.69) is 20.6 Å². The third-order valence-electron chi connectivity index (χ3n) is 2.64. The van der Waals surface area contributed by atoms with Crippen LogP contribution in [0.3, 0.4) is 0 Å². The molecule has 0 bridgehead atoms. The van der Waals surface area contributed by atoms with Crippen LogP contribution in [0.4, 0.5) is 11.6 Å². The molecule has 0 saturated carbocycles. The van der Waals surface area contributed by atoms with Crippen molar-refractivity contribution in [2.24, 2.45) is 0 Å². The second-order valence-corrected chi connectivity index (χ2v) is 3.65. The Hall–Kier alpha value is -2.37. The van der Waals surface area contributed by atoms with Gasteiger partial charge < -0.3 is 24.5 Å². The third-order valence-corrected chi connectivity index (χ3v) is 2.64. The highest BCUT2D eigenvalue weighted by atomic mass is 16.3. The number of imidazole rings is 1. The fraction of sp³-hybridized carbons (Fsp3) is 0.100. The molecule has 3 aromatic rings. The molecule has 6 heteroatoms. The van der Waals surface area contributed by atoms with E-state index < -0.39 is 0 Å². The molecule has 0 fully saturated rings. The van der Waals surface area contributed by atoms with Crippen molar-refractivity contribution in [1.29, 1.82) is 0 Å². The van der Waals surface area contributed by atoms with E-state index in [0.717, 1.165) is 22.9 Å². The molecule has 16 heavy (non-hydrogen) atoms. The van der Waals surface area contributed by atoms with E-state index >= 15 is 0 Å². The van der Waals surface area contributed by atoms with Crippen molar-refractivity contribution in [3.05, 3.63) is 30.5 Å². The number of anilines is 2. The van der Waals surface area contributed by atoms with Gasteiger partial charge >= 0.3 is 0 Å². The molecular formula is C10H8N4O2. The molecule has 4 heterocycles. The van der Waals surface area contributed by atoms with E-state index in [1.807, 2.05) is 12.1 Å². The van der Waals surface area contributed by atoms with Crippen LogP contribution in [0.2, 0.25) is 0 Å². The maximum atomic E-state index is 5.24. The molecule has 0 saturated heterocycles. The molecule has 0 aliphatic carbocycles. The molecule has 1 aliphatic heterocycles. The van der Waals surface area contributed by atoms with E-state index in [0.29, 0.717) is 5.71 Å². The number of nitrogens with one attached hydrogen (secondary N) is 3. The van der Waals surface area contributed by atoms with E-state index in [1.54, 1.807) is 12.5 Å². The summed E-state index contributed by atoms with van der Waals surface area (Å²) in [6, 6.07) is 3.72. The Balaban J connectivity index is 1.73. The highest BCUT2D eigenvalue weighted by Crippen LogP contribution is 2.35. The average molecular weight is 216 g/mol. The van der Waals surface area contributed by atoms with Crippen molar-refractivity contribution in [2.75, 3.05) is 10.6 Å². The van der Waals surface area contributed by atoms with Crippen LogP contribution in [0.15, 0.2) is 33.5 Å². The Bertz CT molecular complexity index is 601. The van der Waals surface area contributed by atoms with Crippen molar-refractivity contribution in [3.8, 4) is 0 Å². The fourth-order valence-corrected chi connectivity index (χ4v) is 1.89. The minimum atomic E-state index is -0.0995. The van der Waals surface area contributed by atoms with Crippen molar-refractivity contribution >= 4 is 22.8 Å². The standard InChI is InChI=1S/C10H8N4O2/c1-3-15-9-5(1)11-7(13-9)8-12-6-2-4-16-10(6)14-8/h1-4,7,11,13H,(H,12,14). The number of hydrogen-bond donors (Lipinski definition) is 3. The number of nitrogens with zero attached hydrogens (tertiary/aromatic N) is 1. The monoisotopic (exact) mass is 216 g/mol. The Kier molecular flexibility index (Phi) is 1.28. The Morgan fingerprint density at radius 3 is 2.94 bits per heavy atom. The lowest BCUT2D eigenvalue weighted by Gasteiger charge is -2.07. The molecule has 6 nitrogen and oxygen atoms in total. The summed E-state index contributed by atoms with van der Waals surface area (Å²) in [5, 5.41) is 6.41. The summed E-state index contributed by atoms with van der Waals surface area (Å²) in [7, 11) is 0. The van der Waals surface area contributed by atoms with Gasteiger partial charge in [-0.1, -0.05) is 0 Å². The maximum Gasteiger partial charge on any atom is 0.244 e. The third kappa shape index (κ3) is 0.928. The molecule has 0 amide bonds. The van der Waals surface area contributed by atoms with E-state index in [9.17, 15) is 0 Å². The van der Waals surface area contributed by atoms with Gasteiger partial charge in [0.05, 0.1) is 12.5 Å². The van der Waals surface area contributed by atoms with E-state index in [4.69, 9.17) is 8.83 Å². The molecule has 0 spiro atoms. The van der Waals surface area contributed by atoms with Crippen molar-refractivity contribution in [1.82, 2.24) is 9.97 Å². The summed E-state index contributed by atoms with van der Waals surface area (Å²) in [5.74, 6) is 1.51. The van der Waals surface area contributed by atoms with Gasteiger partial charge in [0, 0.05) is 12.1 Å². The smallest absolute Gasteiger partial charge is 0.244 e. The van der Waals surface area contributed by atoms with Gasteiger partial charge in [-0.05, 0) is 0 Å². The number of furan rings is 2. The Morgan fingerprint density at radius 2 is 2.06 bits per heavy atom. The molecule has 0 aromatic carbocycles. The van der Waals surface area contributed by atoms with Crippen LogP contribution in [0, 0.1) is 0 Å². The topological polar surface area (TPSA) is 79.0 Å². The highest BCUT2D eigenvalue weighted by Gasteiger charge is 2.26. The first kappa shape index (κ1) is 7.86. The molecule has 0 radical (unpaired) electrons. The van der Waals surface area contributed by atoms with Gasteiger partial charge in [-0.15, -0.1) is 0 Å². The van der Waals surface area contributed by atoms with Crippen LogP contribution in [0.25, 0.3) is 11.2 Å². The Labute approximate surface area is 89.6 Å². The van der Waals surface area contributed by atoms with Gasteiger partial charge in [-0.3, -0.25) is 0 Å². The summed E-state index contributed by atoms with van der Waals surface area (Å²) in [6.45, 7) is 0. The average Bonchev–Trinajstić information content (AvgIpc) is 2.94. The molecular weight excluding hydrogens is 208 g/mol. The quantitative estimate of drug-likeness (QED) is 0.581. The van der Waals surface area contributed by atoms with Gasteiger partial charge in [0.25, 0.3) is 0 Å². The predicted molar refractivity (Wildman–Crippen MR) is 57.1 cm³/mol. The zero-order chi connectivity index (χ0) is 10.5. The van der Waals surface area contributed by atoms with Crippen LogP contribution in [-0.2, 0) is 0 Å². The zero-order valence-corrected chi connectivity index (χ0v) is 8.15. The second-order valence-electron chi connectivity index (χ2n) is 3.65. The first-order valence-electron chi connectivity index (χ1n) is 4.94. The number of rotatable bonds is 1. The first-order chi connectivity index (χ1) is 7.90. The molecule has 4 rings (SSSR count). The molecule has 3 aromatic heterocycles. The van der Waals surface area contributed by atoms with Crippen LogP contribution in [0.5, 0.6) is 0 Å². The molecule has 3 N–H and O–H groups in total. The van der Waals surface area contributed by atoms with Crippen molar-refractivity contribution in [3.63, 3.8) is 0 Å². The van der Waals surface area contributed by atoms with Gasteiger partial charge in [0.15, 0.2) is 12.0 Å². The number of fused-ring (bicyclic) bond motifs is 2. The van der Waals surface area contributed by atoms with Crippen molar-refractivity contribution < 1.29 is 8.83 Å². The summed E-state index contributed by atoms with van der Waals surface area (Å²) >= 11 is 0. The molecule has 1 atom stereocenters. The fourth-order valence-electron chi connectivity index (χ4n) is 1.89. The lowest BCUT2D eigenvalue weighted by atomic mass is 10.5. The van der Waals surface area contributed by atoms with Gasteiger partial charge in [-0.2, -0.15) is 4.98 Å². The molecule has 80 valence electrons. The lowest BCUT2D eigenvalue weighted by molar-refractivity contribution is 0.577. The first-order valence-corrected chi connectivity index (χ1v) is 4.94. The van der Waals surface area contributed by atoms with Crippen LogP contribution < -0.4 is 10.6 Å². The Morgan fingerprint density at radius 1 is 1.12 bits per heavy atom. The molecule has 1 unspecified atom stereocenters. The second kappa shape index (κ2) is 2.60. The van der Waals surface area contributed by atoms with Crippen LogP contribution in [-0.4, -0.2) is 9.97 Å². The minimum absolute atomic E-state index is 0.0995. The SMILES string of the molecule is c1cc2c(o1)NC(c1nc3occc3[nH]1)N2. The summed E-state index contributed by atoms with van der Waals surface area (Å²) in [4.78, 5) is 7.50. The van der Waals surface area contributed by atoms with Gasteiger partial charge in [-0.25, -0.2) is 0 Å². The maximum absolute atomic E-state index is 5.24. The van der Waals surface area contributed by atoms with Gasteiger partial charge in [0.2, 0.25) is 11.6 Å². The predicted octanol–water partition coefficient (Wildman–Crippen LogP) is 2.29. The zero-order valence-electron chi connectivity index (χ0n) is 8.15. The number of aromatic nitrogens is 2. The molecule has 1 aliphatic rings. The lowest BCUT2D eigenvalue weighted by Crippen LogP contribution is -2.13. The van der Waals surface area contributed by atoms with Gasteiger partial charge in [0.1, 0.15) is 11.2 Å². The van der Waals surface area contributed by atoms with E-state index in [-0.39, 0.29) is 6.17 Å². The van der Waals surface area contributed by atoms with Crippen LogP contribution in [0.1, 0.15) is 12.0 Å². The number of aromatic amines is 1. The summed E-state index contributed by atoms with van der Waals surface area (Å²) in [6.07, 6.45) is 3.14.